The van der Waals surface area contributed by atoms with Gasteiger partial charge in [0.15, 0.2) is 0 Å². The van der Waals surface area contributed by atoms with Crippen LogP contribution in [0.1, 0.15) is 42.1 Å². The molecule has 0 aliphatic rings. The molecule has 0 aliphatic carbocycles. The average molecular weight is 550 g/mol. The van der Waals surface area contributed by atoms with Crippen LogP contribution in [-0.2, 0) is 11.3 Å². The zero-order valence-corrected chi connectivity index (χ0v) is 22.1. The third-order valence-electron chi connectivity index (χ3n) is 6.76. The van der Waals surface area contributed by atoms with Crippen molar-refractivity contribution in [2.24, 2.45) is 0 Å². The fourth-order valence-corrected chi connectivity index (χ4v) is 4.82. The molecule has 40 heavy (non-hydrogen) atoms. The van der Waals surface area contributed by atoms with Crippen LogP contribution in [-0.4, -0.2) is 29.4 Å². The molecule has 2 atom stereocenters. The molecule has 0 aliphatic heterocycles. The van der Waals surface area contributed by atoms with Crippen LogP contribution >= 0.6 is 0 Å². The first-order valence-corrected chi connectivity index (χ1v) is 12.7. The third kappa shape index (κ3) is 7.42. The lowest BCUT2D eigenvalue weighted by Gasteiger charge is -2.37. The van der Waals surface area contributed by atoms with Gasteiger partial charge in [0, 0.05) is 24.2 Å². The molecule has 5 nitrogen and oxygen atoms in total. The Morgan fingerprint density at radius 3 is 2.08 bits per heavy atom. The van der Waals surface area contributed by atoms with E-state index in [0.29, 0.717) is 23.4 Å². The highest BCUT2D eigenvalue weighted by Crippen LogP contribution is 2.39. The minimum atomic E-state index is -4.79. The number of ether oxygens (including phenoxy) is 2. The van der Waals surface area contributed by atoms with Crippen molar-refractivity contribution in [2.45, 2.75) is 38.3 Å². The molecule has 4 aromatic rings. The van der Waals surface area contributed by atoms with Gasteiger partial charge in [-0.2, -0.15) is 0 Å². The molecule has 0 fully saturated rings. The lowest BCUT2D eigenvalue weighted by atomic mass is 9.93. The molecule has 208 valence electrons. The summed E-state index contributed by atoms with van der Waals surface area (Å²) >= 11 is 0. The van der Waals surface area contributed by atoms with E-state index in [4.69, 9.17) is 4.74 Å². The Hall–Kier alpha value is -4.30. The fourth-order valence-electron chi connectivity index (χ4n) is 4.82. The van der Waals surface area contributed by atoms with Crippen molar-refractivity contribution in [2.75, 3.05) is 7.11 Å². The number of carbonyl (C=O) groups is 1. The molecule has 1 N–H and O–H groups in total. The second kappa shape index (κ2) is 12.7. The molecule has 4 rings (SSSR count). The quantitative estimate of drug-likeness (QED) is 0.205. The van der Waals surface area contributed by atoms with E-state index in [0.717, 1.165) is 16.7 Å². The van der Waals surface area contributed by atoms with Gasteiger partial charge in [0.25, 0.3) is 0 Å². The van der Waals surface area contributed by atoms with Gasteiger partial charge in [-0.15, -0.1) is 13.2 Å². The molecule has 0 heterocycles. The summed E-state index contributed by atoms with van der Waals surface area (Å²) in [6, 6.07) is 30.0. The molecule has 0 saturated carbocycles. The minimum absolute atomic E-state index is 0.130. The van der Waals surface area contributed by atoms with Crippen LogP contribution in [0, 0.1) is 0 Å². The number of hydrogen-bond acceptors (Lipinski definition) is 4. The summed E-state index contributed by atoms with van der Waals surface area (Å²) in [7, 11) is 1.51. The molecule has 0 aromatic heterocycles. The van der Waals surface area contributed by atoms with Gasteiger partial charge >= 0.3 is 12.3 Å². The van der Waals surface area contributed by atoms with Crippen molar-refractivity contribution in [1.29, 1.82) is 0 Å². The first kappa shape index (κ1) is 28.7. The molecule has 0 spiro atoms. The normalized spacial score (nSPS) is 13.1. The number of aliphatic carboxylic acids is 1. The van der Waals surface area contributed by atoms with Crippen LogP contribution in [0.5, 0.6) is 11.5 Å². The molecule has 0 saturated heterocycles. The molecular weight excluding hydrogens is 519 g/mol. The predicted octanol–water partition coefficient (Wildman–Crippen LogP) is 8.04. The Kier molecular flexibility index (Phi) is 9.11. The molecule has 8 heteroatoms. The van der Waals surface area contributed by atoms with E-state index in [-0.39, 0.29) is 18.2 Å². The number of rotatable bonds is 11. The Balaban J connectivity index is 1.78. The number of hydrogen-bond donors (Lipinski definition) is 1. The predicted molar refractivity (Wildman–Crippen MR) is 147 cm³/mol. The summed E-state index contributed by atoms with van der Waals surface area (Å²) < 4.78 is 47.5. The second-order valence-electron chi connectivity index (χ2n) is 9.39. The smallest absolute Gasteiger partial charge is 0.496 e. The van der Waals surface area contributed by atoms with Crippen molar-refractivity contribution in [3.63, 3.8) is 0 Å². The number of halogens is 3. The summed E-state index contributed by atoms with van der Waals surface area (Å²) in [6.45, 7) is 2.55. The summed E-state index contributed by atoms with van der Waals surface area (Å²) in [4.78, 5) is 14.3. The SMILES string of the molecule is COc1ccc(C(CC(=O)O)N(Cc2ccccc2)[C@H](C)c2ccccc2)cc1-c1ccc(OC(F)(F)F)cc1. The topological polar surface area (TPSA) is 59.0 Å². The Morgan fingerprint density at radius 1 is 0.875 bits per heavy atom. The van der Waals surface area contributed by atoms with Crippen LogP contribution in [0.2, 0.25) is 0 Å². The first-order valence-electron chi connectivity index (χ1n) is 12.7. The Labute approximate surface area is 231 Å². The maximum absolute atomic E-state index is 12.7. The third-order valence-corrected chi connectivity index (χ3v) is 6.76. The maximum atomic E-state index is 12.7. The number of alkyl halides is 3. The molecule has 4 aromatic carbocycles. The van der Waals surface area contributed by atoms with E-state index in [1.54, 1.807) is 6.07 Å². The van der Waals surface area contributed by atoms with Gasteiger partial charge in [0.2, 0.25) is 0 Å². The minimum Gasteiger partial charge on any atom is -0.496 e. The van der Waals surface area contributed by atoms with E-state index in [1.807, 2.05) is 72.8 Å². The van der Waals surface area contributed by atoms with Crippen LogP contribution in [0.3, 0.4) is 0 Å². The molecule has 0 radical (unpaired) electrons. The monoisotopic (exact) mass is 549 g/mol. The molecule has 0 bridgehead atoms. The highest BCUT2D eigenvalue weighted by Gasteiger charge is 2.31. The standard InChI is InChI=1S/C32H30F3NO4/c1-22(24-11-7-4-8-12-24)36(21-23-9-5-3-6-10-23)29(20-31(37)38)26-15-18-30(39-2)28(19-26)25-13-16-27(17-14-25)40-32(33,34)35/h3-19,22,29H,20-21H2,1-2H3,(H,37,38)/t22-,29?/m1/s1. The number of methoxy groups -OCH3 is 1. The molecule has 0 amide bonds. The Bertz CT molecular complexity index is 1390. The van der Waals surface area contributed by atoms with Crippen molar-refractivity contribution >= 4 is 5.97 Å². The summed E-state index contributed by atoms with van der Waals surface area (Å²) in [5, 5.41) is 9.97. The van der Waals surface area contributed by atoms with Gasteiger partial charge in [0.1, 0.15) is 11.5 Å². The van der Waals surface area contributed by atoms with Crippen LogP contribution in [0.15, 0.2) is 103 Å². The van der Waals surface area contributed by atoms with Gasteiger partial charge in [-0.1, -0.05) is 78.9 Å². The first-order chi connectivity index (χ1) is 19.1. The van der Waals surface area contributed by atoms with E-state index in [1.165, 1.54) is 31.4 Å². The van der Waals surface area contributed by atoms with Crippen molar-refractivity contribution in [1.82, 2.24) is 4.90 Å². The van der Waals surface area contributed by atoms with E-state index in [2.05, 4.69) is 16.6 Å². The lowest BCUT2D eigenvalue weighted by Crippen LogP contribution is -2.32. The van der Waals surface area contributed by atoms with Crippen LogP contribution < -0.4 is 9.47 Å². The highest BCUT2D eigenvalue weighted by molar-refractivity contribution is 5.73. The van der Waals surface area contributed by atoms with Gasteiger partial charge in [-0.3, -0.25) is 9.69 Å². The van der Waals surface area contributed by atoms with Crippen molar-refractivity contribution < 1.29 is 32.5 Å². The number of nitrogens with zero attached hydrogens (tertiary/aromatic N) is 1. The van der Waals surface area contributed by atoms with Gasteiger partial charge < -0.3 is 14.6 Å². The zero-order valence-electron chi connectivity index (χ0n) is 22.1. The van der Waals surface area contributed by atoms with Gasteiger partial charge in [0.05, 0.1) is 13.5 Å². The summed E-state index contributed by atoms with van der Waals surface area (Å²) in [5.41, 5.74) is 4.05. The number of carboxylic acids is 1. The molecule has 1 unspecified atom stereocenters. The lowest BCUT2D eigenvalue weighted by molar-refractivity contribution is -0.274. The number of carboxylic acid groups (broad SMARTS) is 1. The van der Waals surface area contributed by atoms with Gasteiger partial charge in [-0.05, 0) is 53.4 Å². The Morgan fingerprint density at radius 2 is 1.50 bits per heavy atom. The highest BCUT2D eigenvalue weighted by atomic mass is 19.4. The maximum Gasteiger partial charge on any atom is 0.573 e. The average Bonchev–Trinajstić information content (AvgIpc) is 2.94. The van der Waals surface area contributed by atoms with Crippen LogP contribution in [0.25, 0.3) is 11.1 Å². The van der Waals surface area contributed by atoms with E-state index in [9.17, 15) is 23.1 Å². The second-order valence-corrected chi connectivity index (χ2v) is 9.39. The fraction of sp³-hybridized carbons (Fsp3) is 0.219. The molecular formula is C32H30F3NO4. The van der Waals surface area contributed by atoms with Gasteiger partial charge in [-0.25, -0.2) is 0 Å². The number of benzene rings is 4. The summed E-state index contributed by atoms with van der Waals surface area (Å²) in [6.07, 6.45) is -4.95. The van der Waals surface area contributed by atoms with Crippen LogP contribution in [0.4, 0.5) is 13.2 Å². The summed E-state index contributed by atoms with van der Waals surface area (Å²) in [5.74, 6) is -0.775. The van der Waals surface area contributed by atoms with Crippen molar-refractivity contribution in [3.05, 3.63) is 120 Å². The van der Waals surface area contributed by atoms with E-state index >= 15 is 0 Å². The largest absolute Gasteiger partial charge is 0.573 e. The zero-order chi connectivity index (χ0) is 28.7. The van der Waals surface area contributed by atoms with Crippen molar-refractivity contribution in [3.8, 4) is 22.6 Å². The van der Waals surface area contributed by atoms with E-state index < -0.39 is 18.4 Å².